The number of hydrogen-bond donors (Lipinski definition) is 1. The molecule has 5 nitrogen and oxygen atoms in total. The molecule has 6 heteroatoms. The van der Waals surface area contributed by atoms with Crippen molar-refractivity contribution in [1.82, 2.24) is 0 Å². The van der Waals surface area contributed by atoms with Gasteiger partial charge in [0.05, 0.1) is 11.9 Å². The second-order valence-corrected chi connectivity index (χ2v) is 6.32. The lowest BCUT2D eigenvalue weighted by atomic mass is 10.1. The molecule has 0 spiro atoms. The first-order chi connectivity index (χ1) is 8.12. The van der Waals surface area contributed by atoms with E-state index in [0.29, 0.717) is 5.69 Å². The van der Waals surface area contributed by atoms with Gasteiger partial charge in [-0.3, -0.25) is 9.10 Å². The van der Waals surface area contributed by atoms with Crippen LogP contribution in [0.15, 0.2) is 12.1 Å². The van der Waals surface area contributed by atoms with E-state index in [1.54, 1.807) is 13.8 Å². The molecular weight excluding hydrogens is 254 g/mol. The molecule has 0 heterocycles. The summed E-state index contributed by atoms with van der Waals surface area (Å²) in [6, 6.07) is 3.67. The van der Waals surface area contributed by atoms with Crippen LogP contribution in [-0.4, -0.2) is 32.3 Å². The number of carbonyl (C=O) groups is 1. The van der Waals surface area contributed by atoms with Gasteiger partial charge in [0.2, 0.25) is 10.0 Å². The number of anilines is 1. The summed E-state index contributed by atoms with van der Waals surface area (Å²) in [4.78, 5) is 10.8. The van der Waals surface area contributed by atoms with Crippen LogP contribution < -0.4 is 4.31 Å². The summed E-state index contributed by atoms with van der Waals surface area (Å²) < 4.78 is 24.4. The van der Waals surface area contributed by atoms with Gasteiger partial charge in [-0.25, -0.2) is 8.42 Å². The lowest BCUT2D eigenvalue weighted by Gasteiger charge is -2.24. The van der Waals surface area contributed by atoms with Crippen LogP contribution in [0.4, 0.5) is 5.69 Å². The van der Waals surface area contributed by atoms with Gasteiger partial charge < -0.3 is 5.11 Å². The number of benzene rings is 1. The SMILES string of the molecule is Cc1cc(C)c(N(CC(=O)O)S(C)(=O)=O)c(C)c1. The summed E-state index contributed by atoms with van der Waals surface area (Å²) in [5, 5.41) is 8.84. The Morgan fingerprint density at radius 3 is 2.00 bits per heavy atom. The quantitative estimate of drug-likeness (QED) is 0.899. The Hall–Kier alpha value is -1.56. The largest absolute Gasteiger partial charge is 0.480 e. The smallest absolute Gasteiger partial charge is 0.324 e. The minimum Gasteiger partial charge on any atom is -0.480 e. The van der Waals surface area contributed by atoms with E-state index in [1.807, 2.05) is 19.1 Å². The molecule has 18 heavy (non-hydrogen) atoms. The van der Waals surface area contributed by atoms with Crippen LogP contribution >= 0.6 is 0 Å². The molecule has 0 aromatic heterocycles. The molecule has 0 amide bonds. The molecule has 1 aromatic rings. The number of carboxylic acids is 1. The molecule has 0 unspecified atom stereocenters. The highest BCUT2D eigenvalue weighted by Crippen LogP contribution is 2.27. The van der Waals surface area contributed by atoms with E-state index < -0.39 is 22.5 Å². The van der Waals surface area contributed by atoms with Crippen LogP contribution in [0, 0.1) is 20.8 Å². The molecule has 0 saturated heterocycles. The minimum atomic E-state index is -3.62. The third kappa shape index (κ3) is 3.22. The number of rotatable bonds is 4. The van der Waals surface area contributed by atoms with Gasteiger partial charge in [0.1, 0.15) is 6.54 Å². The Morgan fingerprint density at radius 2 is 1.67 bits per heavy atom. The number of carboxylic acid groups (broad SMARTS) is 1. The number of aryl methyl sites for hydroxylation is 3. The predicted octanol–water partition coefficient (Wildman–Crippen LogP) is 1.46. The molecule has 0 fully saturated rings. The molecule has 0 aliphatic rings. The Labute approximate surface area is 107 Å². The average molecular weight is 271 g/mol. The van der Waals surface area contributed by atoms with Crippen LogP contribution in [0.3, 0.4) is 0 Å². The molecular formula is C12H17NO4S. The maximum absolute atomic E-state index is 11.7. The van der Waals surface area contributed by atoms with Crippen molar-refractivity contribution in [3.63, 3.8) is 0 Å². The summed E-state index contributed by atoms with van der Waals surface area (Å²) in [6.45, 7) is 4.89. The van der Waals surface area contributed by atoms with E-state index in [1.165, 1.54) is 0 Å². The van der Waals surface area contributed by atoms with Gasteiger partial charge in [0, 0.05) is 0 Å². The van der Waals surface area contributed by atoms with E-state index >= 15 is 0 Å². The molecule has 0 aliphatic carbocycles. The topological polar surface area (TPSA) is 74.7 Å². The molecule has 1 N–H and O–H groups in total. The highest BCUT2D eigenvalue weighted by atomic mass is 32.2. The van der Waals surface area contributed by atoms with Crippen molar-refractivity contribution in [1.29, 1.82) is 0 Å². The molecule has 100 valence electrons. The third-order valence-electron chi connectivity index (χ3n) is 2.56. The van der Waals surface area contributed by atoms with E-state index in [4.69, 9.17) is 5.11 Å². The zero-order valence-electron chi connectivity index (χ0n) is 10.9. The van der Waals surface area contributed by atoms with Crippen molar-refractivity contribution < 1.29 is 18.3 Å². The Bertz CT molecular complexity index is 555. The van der Waals surface area contributed by atoms with Crippen molar-refractivity contribution in [3.05, 3.63) is 28.8 Å². The van der Waals surface area contributed by atoms with E-state index in [9.17, 15) is 13.2 Å². The second-order valence-electron chi connectivity index (χ2n) is 4.41. The van der Waals surface area contributed by atoms with Crippen LogP contribution in [0.1, 0.15) is 16.7 Å². The van der Waals surface area contributed by atoms with Gasteiger partial charge in [0.25, 0.3) is 0 Å². The number of sulfonamides is 1. The van der Waals surface area contributed by atoms with Gasteiger partial charge in [-0.1, -0.05) is 17.7 Å². The lowest BCUT2D eigenvalue weighted by Crippen LogP contribution is -2.35. The summed E-state index contributed by atoms with van der Waals surface area (Å²) in [5.74, 6) is -1.18. The fraction of sp³-hybridized carbons (Fsp3) is 0.417. The van der Waals surface area contributed by atoms with Gasteiger partial charge >= 0.3 is 5.97 Å². The second kappa shape index (κ2) is 4.97. The minimum absolute atomic E-state index is 0.450. The average Bonchev–Trinajstić information content (AvgIpc) is 2.12. The maximum Gasteiger partial charge on any atom is 0.324 e. The standard InChI is InChI=1S/C12H17NO4S/c1-8-5-9(2)12(10(3)6-8)13(7-11(14)15)18(4,16)17/h5-6H,7H2,1-4H3,(H,14,15). The molecule has 1 aromatic carbocycles. The van der Waals surface area contributed by atoms with Gasteiger partial charge in [0.15, 0.2) is 0 Å². The first kappa shape index (κ1) is 14.5. The molecule has 0 saturated carbocycles. The first-order valence-electron chi connectivity index (χ1n) is 5.40. The van der Waals surface area contributed by atoms with E-state index in [-0.39, 0.29) is 0 Å². The van der Waals surface area contributed by atoms with E-state index in [0.717, 1.165) is 27.3 Å². The van der Waals surface area contributed by atoms with Crippen molar-refractivity contribution >= 4 is 21.7 Å². The van der Waals surface area contributed by atoms with Crippen LogP contribution in [-0.2, 0) is 14.8 Å². The van der Waals surface area contributed by atoms with Crippen molar-refractivity contribution in [2.24, 2.45) is 0 Å². The molecule has 0 radical (unpaired) electrons. The number of nitrogens with zero attached hydrogens (tertiary/aromatic N) is 1. The van der Waals surface area contributed by atoms with E-state index in [2.05, 4.69) is 0 Å². The molecule has 0 aliphatic heterocycles. The molecule has 1 rings (SSSR count). The zero-order valence-corrected chi connectivity index (χ0v) is 11.7. The third-order valence-corrected chi connectivity index (χ3v) is 3.68. The monoisotopic (exact) mass is 271 g/mol. The van der Waals surface area contributed by atoms with Crippen LogP contribution in [0.25, 0.3) is 0 Å². The van der Waals surface area contributed by atoms with Crippen molar-refractivity contribution in [3.8, 4) is 0 Å². The summed E-state index contributed by atoms with van der Waals surface area (Å²) in [6.07, 6.45) is 1.01. The normalized spacial score (nSPS) is 11.3. The summed E-state index contributed by atoms with van der Waals surface area (Å²) in [5.41, 5.74) is 2.96. The van der Waals surface area contributed by atoms with Gasteiger partial charge in [-0.15, -0.1) is 0 Å². The highest BCUT2D eigenvalue weighted by molar-refractivity contribution is 7.92. The molecule has 0 atom stereocenters. The van der Waals surface area contributed by atoms with Gasteiger partial charge in [-0.05, 0) is 31.9 Å². The Kier molecular flexibility index (Phi) is 4.01. The lowest BCUT2D eigenvalue weighted by molar-refractivity contribution is -0.135. The maximum atomic E-state index is 11.7. The number of aliphatic carboxylic acids is 1. The first-order valence-corrected chi connectivity index (χ1v) is 7.25. The zero-order chi connectivity index (χ0) is 14.1. The van der Waals surface area contributed by atoms with Crippen molar-refractivity contribution in [2.45, 2.75) is 20.8 Å². The highest BCUT2D eigenvalue weighted by Gasteiger charge is 2.23. The molecule has 0 bridgehead atoms. The van der Waals surface area contributed by atoms with Crippen LogP contribution in [0.5, 0.6) is 0 Å². The van der Waals surface area contributed by atoms with Crippen molar-refractivity contribution in [2.75, 3.05) is 17.1 Å². The summed E-state index contributed by atoms with van der Waals surface area (Å²) in [7, 11) is -3.62. The van der Waals surface area contributed by atoms with Crippen LogP contribution in [0.2, 0.25) is 0 Å². The summed E-state index contributed by atoms with van der Waals surface area (Å²) >= 11 is 0. The Morgan fingerprint density at radius 1 is 1.22 bits per heavy atom. The van der Waals surface area contributed by atoms with Gasteiger partial charge in [-0.2, -0.15) is 0 Å². The fourth-order valence-corrected chi connectivity index (χ4v) is 3.02. The fourth-order valence-electron chi connectivity index (χ4n) is 2.05. The number of hydrogen-bond acceptors (Lipinski definition) is 3. The predicted molar refractivity (Wildman–Crippen MR) is 70.5 cm³/mol. The Balaban J connectivity index is 3.44.